The van der Waals surface area contributed by atoms with Crippen molar-refractivity contribution in [2.75, 3.05) is 0 Å². The molecule has 1 nitrogen and oxygen atoms in total. The minimum absolute atomic E-state index is 0.199. The van der Waals surface area contributed by atoms with Gasteiger partial charge < -0.3 is 4.57 Å². The van der Waals surface area contributed by atoms with Gasteiger partial charge >= 0.3 is 0 Å². The highest BCUT2D eigenvalue weighted by atomic mass is 32.1. The first-order valence-electron chi connectivity index (χ1n) is 14.5. The molecule has 1 fully saturated rings. The van der Waals surface area contributed by atoms with Crippen molar-refractivity contribution in [2.24, 2.45) is 5.92 Å². The summed E-state index contributed by atoms with van der Waals surface area (Å²) in [4.78, 5) is 0. The molecule has 2 heteroatoms. The number of allylic oxidation sites excluding steroid dienone is 4. The second kappa shape index (κ2) is 6.97. The van der Waals surface area contributed by atoms with Crippen molar-refractivity contribution < 1.29 is 0 Å². The van der Waals surface area contributed by atoms with Crippen LogP contribution in [0.2, 0.25) is 0 Å². The van der Waals surface area contributed by atoms with Crippen molar-refractivity contribution in [1.29, 1.82) is 0 Å². The number of benzene rings is 6. The van der Waals surface area contributed by atoms with Crippen molar-refractivity contribution in [3.8, 4) is 5.69 Å². The van der Waals surface area contributed by atoms with Gasteiger partial charge in [0.25, 0.3) is 0 Å². The highest BCUT2D eigenvalue weighted by Crippen LogP contribution is 2.69. The van der Waals surface area contributed by atoms with E-state index < -0.39 is 0 Å². The smallest absolute Gasteiger partial charge is 0.0720 e. The maximum absolute atomic E-state index is 2.59. The van der Waals surface area contributed by atoms with Gasteiger partial charge in [0.15, 0.2) is 0 Å². The predicted octanol–water partition coefficient (Wildman–Crippen LogP) is 10.7. The summed E-state index contributed by atoms with van der Waals surface area (Å²) >= 11 is 1.93. The molecule has 2 unspecified atom stereocenters. The van der Waals surface area contributed by atoms with Crippen molar-refractivity contribution >= 4 is 80.4 Å². The van der Waals surface area contributed by atoms with Crippen LogP contribution in [0.3, 0.4) is 0 Å². The molecule has 8 aromatic rings. The molecule has 190 valence electrons. The number of thiophene rings is 1. The van der Waals surface area contributed by atoms with E-state index in [9.17, 15) is 0 Å². The lowest BCUT2D eigenvalue weighted by Crippen LogP contribution is -2.08. The van der Waals surface area contributed by atoms with Crippen LogP contribution in [0.15, 0.2) is 121 Å². The van der Waals surface area contributed by atoms with Crippen molar-refractivity contribution in [3.05, 3.63) is 132 Å². The number of nitrogens with zero attached hydrogens (tertiary/aromatic N) is 1. The molecule has 2 aromatic heterocycles. The average Bonchev–Trinajstić information content (AvgIpc) is 3.38. The number of aromatic nitrogens is 1. The van der Waals surface area contributed by atoms with E-state index in [1.54, 1.807) is 0 Å². The Labute approximate surface area is 240 Å². The molecular formula is C39H23NS. The van der Waals surface area contributed by atoms with Crippen molar-refractivity contribution in [3.63, 3.8) is 0 Å². The van der Waals surface area contributed by atoms with Crippen LogP contribution >= 0.6 is 11.3 Å². The Bertz CT molecular complexity index is 2570. The molecule has 41 heavy (non-hydrogen) atoms. The van der Waals surface area contributed by atoms with Gasteiger partial charge in [-0.2, -0.15) is 0 Å². The van der Waals surface area contributed by atoms with Crippen LogP contribution in [-0.2, 0) is 5.41 Å². The van der Waals surface area contributed by atoms with E-state index in [0.29, 0.717) is 5.92 Å². The van der Waals surface area contributed by atoms with Gasteiger partial charge in [-0.1, -0.05) is 103 Å². The van der Waals surface area contributed by atoms with E-state index in [0.717, 1.165) is 0 Å². The summed E-state index contributed by atoms with van der Waals surface area (Å²) in [5.41, 5.74) is 8.59. The molecule has 3 aliphatic rings. The molecule has 3 aliphatic carbocycles. The highest BCUT2D eigenvalue weighted by molar-refractivity contribution is 7.26. The Balaban J connectivity index is 1.36. The molecule has 2 atom stereocenters. The van der Waals surface area contributed by atoms with Crippen LogP contribution in [0, 0.1) is 5.92 Å². The molecule has 0 N–H and O–H groups in total. The fourth-order valence-corrected chi connectivity index (χ4v) is 9.77. The van der Waals surface area contributed by atoms with E-state index in [1.165, 1.54) is 92.3 Å². The average molecular weight is 538 g/mol. The molecule has 1 saturated carbocycles. The van der Waals surface area contributed by atoms with Gasteiger partial charge in [0.1, 0.15) is 0 Å². The first kappa shape index (κ1) is 21.1. The zero-order valence-electron chi connectivity index (χ0n) is 22.2. The topological polar surface area (TPSA) is 4.93 Å². The largest absolute Gasteiger partial charge is 0.307 e. The van der Waals surface area contributed by atoms with Gasteiger partial charge in [-0.15, -0.1) is 11.3 Å². The quantitative estimate of drug-likeness (QED) is 0.196. The first-order chi connectivity index (χ1) is 20.3. The summed E-state index contributed by atoms with van der Waals surface area (Å²) < 4.78 is 5.31. The molecule has 0 aliphatic heterocycles. The lowest BCUT2D eigenvalue weighted by Gasteiger charge is -2.16. The fourth-order valence-electron chi connectivity index (χ4n) is 8.53. The molecule has 1 spiro atoms. The third-order valence-electron chi connectivity index (χ3n) is 10.3. The molecule has 6 aromatic carbocycles. The Hall–Kier alpha value is -4.66. The molecular weight excluding hydrogens is 515 g/mol. The summed E-state index contributed by atoms with van der Waals surface area (Å²) in [6.45, 7) is 0. The summed E-state index contributed by atoms with van der Waals surface area (Å²) in [7, 11) is 0. The Kier molecular flexibility index (Phi) is 3.59. The van der Waals surface area contributed by atoms with Crippen molar-refractivity contribution in [1.82, 2.24) is 4.57 Å². The van der Waals surface area contributed by atoms with Gasteiger partial charge in [-0.05, 0) is 63.4 Å². The fraction of sp³-hybridized carbons (Fsp3) is 0.0769. The lowest BCUT2D eigenvalue weighted by atomic mass is 9.87. The molecule has 0 bridgehead atoms. The maximum Gasteiger partial charge on any atom is 0.0720 e. The van der Waals surface area contributed by atoms with Gasteiger partial charge in [0, 0.05) is 37.0 Å². The number of hydrogen-bond donors (Lipinski definition) is 0. The van der Waals surface area contributed by atoms with Gasteiger partial charge in [-0.3, -0.25) is 0 Å². The summed E-state index contributed by atoms with van der Waals surface area (Å²) in [6, 6.07) is 39.0. The van der Waals surface area contributed by atoms with Crippen LogP contribution in [0.1, 0.15) is 17.5 Å². The second-order valence-electron chi connectivity index (χ2n) is 12.1. The predicted molar refractivity (Wildman–Crippen MR) is 176 cm³/mol. The van der Waals surface area contributed by atoms with E-state index in [-0.39, 0.29) is 5.41 Å². The van der Waals surface area contributed by atoms with Crippen molar-refractivity contribution in [2.45, 2.75) is 11.8 Å². The van der Waals surface area contributed by atoms with Gasteiger partial charge in [0.2, 0.25) is 0 Å². The molecule has 0 amide bonds. The lowest BCUT2D eigenvalue weighted by molar-refractivity contribution is 0.866. The minimum atomic E-state index is 0.199. The van der Waals surface area contributed by atoms with E-state index in [2.05, 4.69) is 126 Å². The van der Waals surface area contributed by atoms with Crippen LogP contribution < -0.4 is 0 Å². The molecule has 2 heterocycles. The van der Waals surface area contributed by atoms with Gasteiger partial charge in [-0.25, -0.2) is 0 Å². The van der Waals surface area contributed by atoms with E-state index >= 15 is 0 Å². The Morgan fingerprint density at radius 3 is 2.51 bits per heavy atom. The number of rotatable bonds is 1. The van der Waals surface area contributed by atoms with Crippen LogP contribution in [0.25, 0.3) is 74.8 Å². The second-order valence-corrected chi connectivity index (χ2v) is 13.1. The molecule has 0 saturated heterocycles. The van der Waals surface area contributed by atoms with Gasteiger partial charge in [0.05, 0.1) is 21.4 Å². The Morgan fingerprint density at radius 1 is 0.683 bits per heavy atom. The molecule has 11 rings (SSSR count). The van der Waals surface area contributed by atoms with Crippen LogP contribution in [0.4, 0.5) is 0 Å². The summed E-state index contributed by atoms with van der Waals surface area (Å²) in [5, 5.41) is 10.8. The minimum Gasteiger partial charge on any atom is -0.307 e. The first-order valence-corrected chi connectivity index (χ1v) is 15.4. The number of hydrogen-bond acceptors (Lipinski definition) is 1. The SMILES string of the molecule is C1=CC2CC23C(=C1)c1ccc(-n2c4ccc5ccccc5c4c4ccc5c6ccccc6sc5c42)c2cccc3c12. The van der Waals surface area contributed by atoms with E-state index in [1.807, 2.05) is 11.3 Å². The highest BCUT2D eigenvalue weighted by Gasteiger charge is 2.61. The monoisotopic (exact) mass is 537 g/mol. The third kappa shape index (κ3) is 2.35. The standard InChI is InChI=1S/C39H23NS/c1-2-9-24-22(7-1)15-19-33-36(24)29-17-16-26-25-10-3-4-14-34(25)41-38(26)37(29)40(33)32-20-18-27-30-12-5-8-23-21-39(23,30)31-13-6-11-28(32)35(27)31/h1-20,23H,21H2. The third-order valence-corrected chi connectivity index (χ3v) is 11.5. The summed E-state index contributed by atoms with van der Waals surface area (Å²) in [5.74, 6) is 0.640. The zero-order valence-corrected chi connectivity index (χ0v) is 23.0. The zero-order chi connectivity index (χ0) is 26.4. The maximum atomic E-state index is 2.59. The van der Waals surface area contributed by atoms with E-state index in [4.69, 9.17) is 0 Å². The molecule has 0 radical (unpaired) electrons. The summed E-state index contributed by atoms with van der Waals surface area (Å²) in [6.07, 6.45) is 8.33. The number of fused-ring (bicyclic) bond motifs is 10. The van der Waals surface area contributed by atoms with Crippen LogP contribution in [-0.4, -0.2) is 4.57 Å². The Morgan fingerprint density at radius 2 is 1.54 bits per heavy atom. The van der Waals surface area contributed by atoms with Crippen LogP contribution in [0.5, 0.6) is 0 Å². The normalized spacial score (nSPS) is 20.5.